The lowest BCUT2D eigenvalue weighted by molar-refractivity contribution is 0.0468. The summed E-state index contributed by atoms with van der Waals surface area (Å²) in [5, 5.41) is 3.85. The van der Waals surface area contributed by atoms with Crippen LogP contribution in [0.2, 0.25) is 0 Å². The molecule has 2 aliphatic carbocycles. The van der Waals surface area contributed by atoms with Crippen molar-refractivity contribution in [1.29, 1.82) is 0 Å². The third kappa shape index (κ3) is 1.93. The molecule has 0 spiro atoms. The third-order valence-corrected chi connectivity index (χ3v) is 4.81. The summed E-state index contributed by atoms with van der Waals surface area (Å²) in [5.74, 6) is 2.65. The SMILES string of the molecule is CC(NC1CC2CC=CC21)C1CCOCC1. The van der Waals surface area contributed by atoms with Crippen molar-refractivity contribution >= 4 is 0 Å². The number of hydrogen-bond acceptors (Lipinski definition) is 2. The molecule has 3 aliphatic rings. The Kier molecular flexibility index (Phi) is 3.03. The molecule has 1 saturated carbocycles. The van der Waals surface area contributed by atoms with E-state index in [1.54, 1.807) is 0 Å². The second kappa shape index (κ2) is 4.50. The summed E-state index contributed by atoms with van der Waals surface area (Å²) in [6.45, 7) is 4.29. The molecule has 0 aromatic carbocycles. The minimum absolute atomic E-state index is 0.670. The number of ether oxygens (including phenoxy) is 1. The van der Waals surface area contributed by atoms with Crippen molar-refractivity contribution in [3.05, 3.63) is 12.2 Å². The van der Waals surface area contributed by atoms with Gasteiger partial charge >= 0.3 is 0 Å². The molecule has 90 valence electrons. The number of allylic oxidation sites excluding steroid dienone is 1. The molecule has 0 aromatic rings. The van der Waals surface area contributed by atoms with E-state index in [2.05, 4.69) is 24.4 Å². The van der Waals surface area contributed by atoms with E-state index < -0.39 is 0 Å². The Balaban J connectivity index is 1.49. The highest BCUT2D eigenvalue weighted by Crippen LogP contribution is 2.43. The molecule has 1 N–H and O–H groups in total. The maximum absolute atomic E-state index is 5.43. The summed E-state index contributed by atoms with van der Waals surface area (Å²) in [5.41, 5.74) is 0. The average molecular weight is 221 g/mol. The first-order chi connectivity index (χ1) is 7.84. The second-order valence-electron chi connectivity index (χ2n) is 5.75. The van der Waals surface area contributed by atoms with Crippen LogP contribution in [0, 0.1) is 17.8 Å². The van der Waals surface area contributed by atoms with Crippen LogP contribution in [0.3, 0.4) is 0 Å². The van der Waals surface area contributed by atoms with E-state index in [0.29, 0.717) is 6.04 Å². The molecule has 0 amide bonds. The Labute approximate surface area is 98.4 Å². The second-order valence-corrected chi connectivity index (χ2v) is 5.75. The van der Waals surface area contributed by atoms with Gasteiger partial charge in [-0.25, -0.2) is 0 Å². The van der Waals surface area contributed by atoms with Crippen LogP contribution in [-0.2, 0) is 4.74 Å². The van der Waals surface area contributed by atoms with E-state index in [4.69, 9.17) is 4.74 Å². The highest BCUT2D eigenvalue weighted by Gasteiger charge is 2.41. The molecule has 1 aliphatic heterocycles. The van der Waals surface area contributed by atoms with Gasteiger partial charge in [-0.1, -0.05) is 12.2 Å². The summed E-state index contributed by atoms with van der Waals surface area (Å²) in [4.78, 5) is 0. The lowest BCUT2D eigenvalue weighted by Gasteiger charge is -2.44. The Morgan fingerprint density at radius 3 is 2.88 bits per heavy atom. The van der Waals surface area contributed by atoms with E-state index >= 15 is 0 Å². The smallest absolute Gasteiger partial charge is 0.0469 e. The van der Waals surface area contributed by atoms with Crippen molar-refractivity contribution in [3.63, 3.8) is 0 Å². The number of hydrogen-bond donors (Lipinski definition) is 1. The van der Waals surface area contributed by atoms with E-state index in [1.807, 2.05) is 0 Å². The monoisotopic (exact) mass is 221 g/mol. The van der Waals surface area contributed by atoms with E-state index in [9.17, 15) is 0 Å². The fraction of sp³-hybridized carbons (Fsp3) is 0.857. The Hall–Kier alpha value is -0.340. The van der Waals surface area contributed by atoms with Crippen molar-refractivity contribution in [2.75, 3.05) is 13.2 Å². The van der Waals surface area contributed by atoms with Gasteiger partial charge in [-0.15, -0.1) is 0 Å². The molecule has 4 atom stereocenters. The fourth-order valence-corrected chi connectivity index (χ4v) is 3.60. The highest BCUT2D eigenvalue weighted by molar-refractivity contribution is 5.13. The van der Waals surface area contributed by atoms with Gasteiger partial charge in [-0.05, 0) is 50.4 Å². The molecule has 0 radical (unpaired) electrons. The molecule has 3 rings (SSSR count). The maximum atomic E-state index is 5.43. The van der Waals surface area contributed by atoms with Gasteiger partial charge in [-0.3, -0.25) is 0 Å². The average Bonchev–Trinajstić information content (AvgIpc) is 2.68. The topological polar surface area (TPSA) is 21.3 Å². The molecule has 2 heteroatoms. The van der Waals surface area contributed by atoms with Crippen LogP contribution in [0.4, 0.5) is 0 Å². The van der Waals surface area contributed by atoms with Crippen molar-refractivity contribution < 1.29 is 4.74 Å². The largest absolute Gasteiger partial charge is 0.381 e. The molecule has 0 aromatic heterocycles. The van der Waals surface area contributed by atoms with Gasteiger partial charge in [0.25, 0.3) is 0 Å². The van der Waals surface area contributed by atoms with Crippen LogP contribution in [-0.4, -0.2) is 25.3 Å². The standard InChI is InChI=1S/C14H23NO/c1-10(11-5-7-16-8-6-11)15-14-9-12-3-2-4-13(12)14/h2,4,10-15H,3,5-9H2,1H3. The first-order valence-corrected chi connectivity index (χ1v) is 6.85. The predicted octanol–water partition coefficient (Wildman–Crippen LogP) is 2.36. The number of nitrogens with one attached hydrogen (secondary N) is 1. The van der Waals surface area contributed by atoms with Crippen LogP contribution >= 0.6 is 0 Å². The minimum Gasteiger partial charge on any atom is -0.381 e. The van der Waals surface area contributed by atoms with Crippen molar-refractivity contribution in [3.8, 4) is 0 Å². The Morgan fingerprint density at radius 1 is 1.31 bits per heavy atom. The van der Waals surface area contributed by atoms with Crippen molar-refractivity contribution in [2.24, 2.45) is 17.8 Å². The molecule has 2 nitrogen and oxygen atoms in total. The minimum atomic E-state index is 0.670. The van der Waals surface area contributed by atoms with Crippen LogP contribution in [0.15, 0.2) is 12.2 Å². The zero-order valence-corrected chi connectivity index (χ0v) is 10.2. The molecule has 1 heterocycles. The van der Waals surface area contributed by atoms with E-state index in [1.165, 1.54) is 25.7 Å². The van der Waals surface area contributed by atoms with Crippen molar-refractivity contribution in [1.82, 2.24) is 5.32 Å². The molecule has 16 heavy (non-hydrogen) atoms. The summed E-state index contributed by atoms with van der Waals surface area (Å²) in [6, 6.07) is 1.44. The molecule has 0 bridgehead atoms. The first kappa shape index (κ1) is 10.8. The predicted molar refractivity (Wildman–Crippen MR) is 65.3 cm³/mol. The van der Waals surface area contributed by atoms with Gasteiger partial charge in [0.2, 0.25) is 0 Å². The third-order valence-electron chi connectivity index (χ3n) is 4.81. The Bertz CT molecular complexity index is 270. The molecular formula is C14H23NO. The summed E-state index contributed by atoms with van der Waals surface area (Å²) >= 11 is 0. The molecule has 1 saturated heterocycles. The summed E-state index contributed by atoms with van der Waals surface area (Å²) in [7, 11) is 0. The Morgan fingerprint density at radius 2 is 2.12 bits per heavy atom. The molecule has 4 unspecified atom stereocenters. The lowest BCUT2D eigenvalue weighted by Crippen LogP contribution is -2.53. The first-order valence-electron chi connectivity index (χ1n) is 6.85. The zero-order chi connectivity index (χ0) is 11.0. The molecule has 2 fully saturated rings. The highest BCUT2D eigenvalue weighted by atomic mass is 16.5. The van der Waals surface area contributed by atoms with E-state index in [0.717, 1.165) is 37.0 Å². The van der Waals surface area contributed by atoms with Crippen LogP contribution in [0.25, 0.3) is 0 Å². The van der Waals surface area contributed by atoms with Crippen LogP contribution < -0.4 is 5.32 Å². The van der Waals surface area contributed by atoms with Crippen LogP contribution in [0.1, 0.15) is 32.6 Å². The fourth-order valence-electron chi connectivity index (χ4n) is 3.60. The number of rotatable bonds is 3. The van der Waals surface area contributed by atoms with Crippen LogP contribution in [0.5, 0.6) is 0 Å². The maximum Gasteiger partial charge on any atom is 0.0469 e. The van der Waals surface area contributed by atoms with Gasteiger partial charge in [0.1, 0.15) is 0 Å². The lowest BCUT2D eigenvalue weighted by atomic mass is 9.70. The van der Waals surface area contributed by atoms with Gasteiger partial charge in [0, 0.05) is 25.3 Å². The van der Waals surface area contributed by atoms with Gasteiger partial charge in [-0.2, -0.15) is 0 Å². The van der Waals surface area contributed by atoms with Gasteiger partial charge in [0.15, 0.2) is 0 Å². The zero-order valence-electron chi connectivity index (χ0n) is 10.2. The van der Waals surface area contributed by atoms with Gasteiger partial charge < -0.3 is 10.1 Å². The van der Waals surface area contributed by atoms with E-state index in [-0.39, 0.29) is 0 Å². The normalized spacial score (nSPS) is 40.4. The summed E-state index contributed by atoms with van der Waals surface area (Å²) in [6.07, 6.45) is 10.0. The van der Waals surface area contributed by atoms with Gasteiger partial charge in [0.05, 0.1) is 0 Å². The van der Waals surface area contributed by atoms with Crippen molar-refractivity contribution in [2.45, 2.75) is 44.7 Å². The number of fused-ring (bicyclic) bond motifs is 1. The molecular weight excluding hydrogens is 198 g/mol. The summed E-state index contributed by atoms with van der Waals surface area (Å²) < 4.78 is 5.43. The quantitative estimate of drug-likeness (QED) is 0.739.